The number of piperidine rings is 1. The topological polar surface area (TPSA) is 50.5 Å². The number of nitrogens with zero attached hydrogens (tertiary/aromatic N) is 4. The second-order valence-electron chi connectivity index (χ2n) is 6.36. The summed E-state index contributed by atoms with van der Waals surface area (Å²) in [5, 5.41) is 8.96. The van der Waals surface area contributed by atoms with Crippen LogP contribution in [0.3, 0.4) is 0 Å². The molecule has 0 aromatic carbocycles. The predicted molar refractivity (Wildman–Crippen MR) is 87.8 cm³/mol. The lowest BCUT2D eigenvalue weighted by Crippen LogP contribution is -2.45. The maximum Gasteiger partial charge on any atom is 0.235 e. The number of hydrogen-bond acceptors (Lipinski definition) is 4. The molecular formula is C16H22N4OS. The molecule has 22 heavy (non-hydrogen) atoms. The van der Waals surface area contributed by atoms with Crippen LogP contribution in [0.15, 0.2) is 29.6 Å². The minimum atomic E-state index is -0.148. The van der Waals surface area contributed by atoms with E-state index in [4.69, 9.17) is 0 Å². The molecule has 6 heteroatoms. The van der Waals surface area contributed by atoms with Crippen molar-refractivity contribution >= 4 is 23.3 Å². The molecule has 0 N–H and O–H groups in total. The molecule has 3 atom stereocenters. The van der Waals surface area contributed by atoms with E-state index in [-0.39, 0.29) is 11.2 Å². The van der Waals surface area contributed by atoms with Gasteiger partial charge in [-0.15, -0.1) is 10.2 Å². The third-order valence-corrected chi connectivity index (χ3v) is 5.14. The zero-order chi connectivity index (χ0) is 15.7. The van der Waals surface area contributed by atoms with Crippen molar-refractivity contribution in [3.8, 4) is 0 Å². The second-order valence-corrected chi connectivity index (χ2v) is 7.67. The molecule has 1 aliphatic heterocycles. The summed E-state index contributed by atoms with van der Waals surface area (Å²) in [5.41, 5.74) is 0.810. The van der Waals surface area contributed by atoms with Crippen LogP contribution in [-0.4, -0.2) is 43.7 Å². The summed E-state index contributed by atoms with van der Waals surface area (Å²) in [4.78, 5) is 14.7. The fourth-order valence-electron chi connectivity index (χ4n) is 3.21. The van der Waals surface area contributed by atoms with Crippen molar-refractivity contribution in [3.05, 3.63) is 24.4 Å². The number of rotatable bonds is 3. The Morgan fingerprint density at radius 2 is 2.00 bits per heavy atom. The lowest BCUT2D eigenvalue weighted by atomic mass is 9.92. The van der Waals surface area contributed by atoms with Gasteiger partial charge in [-0.3, -0.25) is 9.20 Å². The Morgan fingerprint density at radius 1 is 1.27 bits per heavy atom. The van der Waals surface area contributed by atoms with Crippen LogP contribution in [0.25, 0.3) is 5.65 Å². The summed E-state index contributed by atoms with van der Waals surface area (Å²) >= 11 is 1.48. The molecule has 5 nitrogen and oxygen atoms in total. The Balaban J connectivity index is 1.71. The Bertz CT molecular complexity index is 661. The molecule has 3 rings (SSSR count). The van der Waals surface area contributed by atoms with Gasteiger partial charge in [0, 0.05) is 19.3 Å². The highest BCUT2D eigenvalue weighted by Crippen LogP contribution is 2.27. The maximum atomic E-state index is 12.7. The molecule has 0 bridgehead atoms. The first-order valence-electron chi connectivity index (χ1n) is 7.80. The van der Waals surface area contributed by atoms with E-state index in [1.54, 1.807) is 0 Å². The van der Waals surface area contributed by atoms with E-state index in [9.17, 15) is 4.79 Å². The first kappa shape index (κ1) is 15.3. The van der Waals surface area contributed by atoms with E-state index in [0.29, 0.717) is 11.8 Å². The Kier molecular flexibility index (Phi) is 4.38. The van der Waals surface area contributed by atoms with Gasteiger partial charge in [-0.2, -0.15) is 0 Å². The molecule has 0 spiro atoms. The third kappa shape index (κ3) is 3.11. The van der Waals surface area contributed by atoms with Crippen LogP contribution >= 0.6 is 11.8 Å². The van der Waals surface area contributed by atoms with Crippen LogP contribution < -0.4 is 0 Å². The number of hydrogen-bond donors (Lipinski definition) is 0. The highest BCUT2D eigenvalue weighted by molar-refractivity contribution is 8.00. The van der Waals surface area contributed by atoms with Gasteiger partial charge in [-0.1, -0.05) is 31.7 Å². The summed E-state index contributed by atoms with van der Waals surface area (Å²) < 4.78 is 1.93. The van der Waals surface area contributed by atoms with Gasteiger partial charge >= 0.3 is 0 Å². The first-order chi connectivity index (χ1) is 10.5. The monoisotopic (exact) mass is 318 g/mol. The van der Waals surface area contributed by atoms with Crippen molar-refractivity contribution in [1.82, 2.24) is 19.5 Å². The van der Waals surface area contributed by atoms with Crippen LogP contribution in [0.1, 0.15) is 27.2 Å². The van der Waals surface area contributed by atoms with Crippen LogP contribution in [0.5, 0.6) is 0 Å². The Morgan fingerprint density at radius 3 is 2.73 bits per heavy atom. The van der Waals surface area contributed by atoms with Crippen molar-refractivity contribution in [3.63, 3.8) is 0 Å². The first-order valence-corrected chi connectivity index (χ1v) is 8.67. The minimum Gasteiger partial charge on any atom is -0.341 e. The van der Waals surface area contributed by atoms with E-state index in [1.807, 2.05) is 40.6 Å². The van der Waals surface area contributed by atoms with Gasteiger partial charge in [0.25, 0.3) is 0 Å². The molecule has 1 amide bonds. The average molecular weight is 318 g/mol. The van der Waals surface area contributed by atoms with Gasteiger partial charge in [0.2, 0.25) is 5.91 Å². The molecule has 2 aromatic heterocycles. The second kappa shape index (κ2) is 6.28. The van der Waals surface area contributed by atoms with E-state index >= 15 is 0 Å². The standard InChI is InChI=1S/C16H22N4OS/c1-11-8-12(2)10-19(9-11)15(21)13(3)22-16-18-17-14-6-4-5-7-20(14)16/h4-7,11-13H,8-10H2,1-3H3/t11-,12-,13-/m1/s1. The van der Waals surface area contributed by atoms with Gasteiger partial charge in [-0.25, -0.2) is 0 Å². The molecule has 118 valence electrons. The van der Waals surface area contributed by atoms with Gasteiger partial charge in [0.15, 0.2) is 10.8 Å². The van der Waals surface area contributed by atoms with Crippen molar-refractivity contribution in [2.24, 2.45) is 11.8 Å². The molecule has 1 saturated heterocycles. The molecule has 1 fully saturated rings. The van der Waals surface area contributed by atoms with Crippen LogP contribution in [-0.2, 0) is 4.79 Å². The quantitative estimate of drug-likeness (QED) is 0.817. The number of carbonyl (C=O) groups excluding carboxylic acids is 1. The fraction of sp³-hybridized carbons (Fsp3) is 0.562. The summed E-state index contributed by atoms with van der Waals surface area (Å²) in [6, 6.07) is 5.79. The van der Waals surface area contributed by atoms with Gasteiger partial charge in [0.05, 0.1) is 5.25 Å². The van der Waals surface area contributed by atoms with Gasteiger partial charge in [0.1, 0.15) is 0 Å². The number of likely N-dealkylation sites (tertiary alicyclic amines) is 1. The smallest absolute Gasteiger partial charge is 0.235 e. The lowest BCUT2D eigenvalue weighted by molar-refractivity contribution is -0.132. The number of thioether (sulfide) groups is 1. The SMILES string of the molecule is C[C@@H]1C[C@@H](C)CN(C(=O)[C@@H](C)Sc2nnc3ccccn23)C1. The zero-order valence-corrected chi connectivity index (χ0v) is 14.1. The van der Waals surface area contributed by atoms with Gasteiger partial charge in [-0.05, 0) is 37.3 Å². The number of aromatic nitrogens is 3. The van der Waals surface area contributed by atoms with E-state index < -0.39 is 0 Å². The largest absolute Gasteiger partial charge is 0.341 e. The number of pyridine rings is 1. The molecule has 0 aliphatic carbocycles. The number of amides is 1. The highest BCUT2D eigenvalue weighted by Gasteiger charge is 2.29. The molecule has 2 aromatic rings. The molecule has 3 heterocycles. The zero-order valence-electron chi connectivity index (χ0n) is 13.3. The number of fused-ring (bicyclic) bond motifs is 1. The third-order valence-electron chi connectivity index (χ3n) is 4.09. The summed E-state index contributed by atoms with van der Waals surface area (Å²) in [7, 11) is 0. The van der Waals surface area contributed by atoms with Gasteiger partial charge < -0.3 is 4.90 Å². The van der Waals surface area contributed by atoms with Crippen molar-refractivity contribution in [2.45, 2.75) is 37.6 Å². The van der Waals surface area contributed by atoms with E-state index in [1.165, 1.54) is 18.2 Å². The molecule has 0 radical (unpaired) electrons. The minimum absolute atomic E-state index is 0.148. The summed E-state index contributed by atoms with van der Waals surface area (Å²) in [5.74, 6) is 1.37. The molecule has 0 unspecified atom stereocenters. The molecular weight excluding hydrogens is 296 g/mol. The molecule has 0 saturated carbocycles. The summed E-state index contributed by atoms with van der Waals surface area (Å²) in [6.07, 6.45) is 3.14. The van der Waals surface area contributed by atoms with Crippen LogP contribution in [0.4, 0.5) is 0 Å². The van der Waals surface area contributed by atoms with Crippen LogP contribution in [0.2, 0.25) is 0 Å². The van der Waals surface area contributed by atoms with Crippen molar-refractivity contribution < 1.29 is 4.79 Å². The Hall–Kier alpha value is -1.56. The van der Waals surface area contributed by atoms with E-state index in [2.05, 4.69) is 24.0 Å². The Labute approximate surface area is 135 Å². The normalized spacial score (nSPS) is 23.7. The average Bonchev–Trinajstić information content (AvgIpc) is 2.89. The van der Waals surface area contributed by atoms with Crippen LogP contribution in [0, 0.1) is 11.8 Å². The van der Waals surface area contributed by atoms with Crippen molar-refractivity contribution in [1.29, 1.82) is 0 Å². The van der Waals surface area contributed by atoms with Crippen molar-refractivity contribution in [2.75, 3.05) is 13.1 Å². The fourth-order valence-corrected chi connectivity index (χ4v) is 4.13. The van der Waals surface area contributed by atoms with E-state index in [0.717, 1.165) is 23.9 Å². The highest BCUT2D eigenvalue weighted by atomic mass is 32.2. The lowest BCUT2D eigenvalue weighted by Gasteiger charge is -2.36. The maximum absolute atomic E-state index is 12.7. The summed E-state index contributed by atoms with van der Waals surface area (Å²) in [6.45, 7) is 8.14. The number of carbonyl (C=O) groups is 1. The predicted octanol–water partition coefficient (Wildman–Crippen LogP) is 2.71. The molecule has 1 aliphatic rings.